The maximum Gasteiger partial charge on any atom is 0.228 e. The van der Waals surface area contributed by atoms with E-state index in [1.54, 1.807) is 0 Å². The first kappa shape index (κ1) is 27.8. The minimum atomic E-state index is 0.118. The number of fused-ring (bicyclic) bond motifs is 5. The topological polar surface area (TPSA) is 13.1 Å². The highest BCUT2D eigenvalue weighted by Crippen LogP contribution is 2.53. The number of ether oxygens (including phenoxy) is 1. The molecule has 0 N–H and O–H groups in total. The van der Waals surface area contributed by atoms with Crippen molar-refractivity contribution in [2.75, 3.05) is 0 Å². The Kier molecular flexibility index (Phi) is 6.49. The Morgan fingerprint density at radius 3 is 2.12 bits per heavy atom. The maximum atomic E-state index is 7.10. The van der Waals surface area contributed by atoms with E-state index in [-0.39, 0.29) is 10.8 Å². The van der Waals surface area contributed by atoms with Gasteiger partial charge < -0.3 is 4.74 Å². The van der Waals surface area contributed by atoms with E-state index in [4.69, 9.17) is 4.74 Å². The van der Waals surface area contributed by atoms with E-state index < -0.39 is 0 Å². The second-order valence-electron chi connectivity index (χ2n) is 15.4. The molecule has 0 radical (unpaired) electrons. The molecule has 0 spiro atoms. The molecule has 1 aliphatic heterocycles. The van der Waals surface area contributed by atoms with Gasteiger partial charge in [0.2, 0.25) is 5.69 Å². The lowest BCUT2D eigenvalue weighted by Gasteiger charge is -2.29. The third kappa shape index (κ3) is 5.00. The first-order valence-corrected chi connectivity index (χ1v) is 15.3. The molecule has 4 aromatic carbocycles. The van der Waals surface area contributed by atoms with Crippen LogP contribution in [0, 0.1) is 23.7 Å². The number of pyridine rings is 1. The SMILES string of the molecule is Cc1c2c(c(CC(C)(C)C)c3ccc(CC(C)(C)C)cc13)Oc1cc3cc(CC(C)C)ccc3c3cc[n+](C)c-2c13. The van der Waals surface area contributed by atoms with Gasteiger partial charge in [-0.15, -0.1) is 0 Å². The van der Waals surface area contributed by atoms with Crippen molar-refractivity contribution in [3.8, 4) is 22.8 Å². The van der Waals surface area contributed by atoms with Gasteiger partial charge in [-0.1, -0.05) is 91.8 Å². The average Bonchev–Trinajstić information content (AvgIpc) is 2.85. The number of nitrogens with zero attached hydrogens (tertiary/aromatic N) is 1. The van der Waals surface area contributed by atoms with E-state index in [9.17, 15) is 0 Å². The number of hydrogen-bond acceptors (Lipinski definition) is 1. The summed E-state index contributed by atoms with van der Waals surface area (Å²) < 4.78 is 9.41. The Morgan fingerprint density at radius 2 is 1.44 bits per heavy atom. The highest BCUT2D eigenvalue weighted by atomic mass is 16.5. The van der Waals surface area contributed by atoms with Gasteiger partial charge in [-0.25, -0.2) is 4.57 Å². The normalized spacial score (nSPS) is 13.3. The molecule has 1 aliphatic rings. The number of aryl methyl sites for hydroxylation is 2. The van der Waals surface area contributed by atoms with Crippen LogP contribution in [-0.2, 0) is 26.3 Å². The van der Waals surface area contributed by atoms with Gasteiger partial charge in [-0.3, -0.25) is 0 Å². The van der Waals surface area contributed by atoms with E-state index in [1.165, 1.54) is 65.8 Å². The molecule has 1 aromatic heterocycles. The smallest absolute Gasteiger partial charge is 0.228 e. The van der Waals surface area contributed by atoms with E-state index >= 15 is 0 Å². The second-order valence-corrected chi connectivity index (χ2v) is 15.4. The van der Waals surface area contributed by atoms with Gasteiger partial charge >= 0.3 is 0 Å². The fraction of sp³-hybridized carbons (Fsp3) is 0.410. The Morgan fingerprint density at radius 1 is 0.756 bits per heavy atom. The van der Waals surface area contributed by atoms with Gasteiger partial charge in [0.15, 0.2) is 6.20 Å². The van der Waals surface area contributed by atoms with Crippen LogP contribution in [0.2, 0.25) is 0 Å². The highest BCUT2D eigenvalue weighted by Gasteiger charge is 2.34. The van der Waals surface area contributed by atoms with Gasteiger partial charge in [-0.05, 0) is 87.2 Å². The molecule has 2 heterocycles. The summed E-state index contributed by atoms with van der Waals surface area (Å²) >= 11 is 0. The van der Waals surface area contributed by atoms with E-state index in [0.717, 1.165) is 30.8 Å². The molecule has 0 aliphatic carbocycles. The monoisotopic (exact) mass is 544 g/mol. The van der Waals surface area contributed by atoms with Crippen molar-refractivity contribution < 1.29 is 9.30 Å². The Balaban J connectivity index is 1.70. The minimum Gasteiger partial charge on any atom is -0.455 e. The van der Waals surface area contributed by atoms with E-state index in [1.807, 2.05) is 0 Å². The molecule has 0 saturated heterocycles. The Labute approximate surface area is 246 Å². The van der Waals surface area contributed by atoms with Crippen LogP contribution in [0.25, 0.3) is 43.6 Å². The molecule has 0 amide bonds. The number of benzene rings is 4. The molecule has 0 bridgehead atoms. The van der Waals surface area contributed by atoms with E-state index in [0.29, 0.717) is 5.92 Å². The molecule has 5 aromatic rings. The highest BCUT2D eigenvalue weighted by molar-refractivity contribution is 6.16. The molecule has 0 unspecified atom stereocenters. The number of hydrogen-bond donors (Lipinski definition) is 0. The van der Waals surface area contributed by atoms with Crippen molar-refractivity contribution in [2.24, 2.45) is 23.8 Å². The van der Waals surface area contributed by atoms with Gasteiger partial charge in [0.05, 0.1) is 10.9 Å². The number of rotatable bonds is 4. The summed E-state index contributed by atoms with van der Waals surface area (Å²) in [6.45, 7) is 20.8. The van der Waals surface area contributed by atoms with Gasteiger partial charge in [-0.2, -0.15) is 0 Å². The molecular formula is C39H46NO+. The van der Waals surface area contributed by atoms with Crippen molar-refractivity contribution >= 4 is 32.3 Å². The van der Waals surface area contributed by atoms with Crippen molar-refractivity contribution in [1.82, 2.24) is 0 Å². The molecular weight excluding hydrogens is 498 g/mol. The zero-order valence-corrected chi connectivity index (χ0v) is 26.8. The third-order valence-corrected chi connectivity index (χ3v) is 8.49. The van der Waals surface area contributed by atoms with Crippen LogP contribution in [0.1, 0.15) is 77.6 Å². The molecule has 6 rings (SSSR count). The van der Waals surface area contributed by atoms with Crippen LogP contribution >= 0.6 is 0 Å². The Hall–Kier alpha value is -3.39. The van der Waals surface area contributed by atoms with Crippen molar-refractivity contribution in [3.05, 3.63) is 77.0 Å². The van der Waals surface area contributed by atoms with Gasteiger partial charge in [0, 0.05) is 17.0 Å². The summed E-state index contributed by atoms with van der Waals surface area (Å²) in [7, 11) is 2.19. The van der Waals surface area contributed by atoms with Crippen LogP contribution in [0.5, 0.6) is 11.5 Å². The lowest BCUT2D eigenvalue weighted by molar-refractivity contribution is -0.659. The van der Waals surface area contributed by atoms with Crippen LogP contribution in [0.3, 0.4) is 0 Å². The molecule has 0 atom stereocenters. The maximum absolute atomic E-state index is 7.10. The lowest BCUT2D eigenvalue weighted by Crippen LogP contribution is -2.32. The summed E-state index contributed by atoms with van der Waals surface area (Å²) in [5.74, 6) is 2.65. The van der Waals surface area contributed by atoms with E-state index in [2.05, 4.69) is 129 Å². The Bertz CT molecular complexity index is 1840. The standard InChI is InChI=1S/C39H46NO/c1-23(2)17-25-11-13-28-27(18-25)20-33-35-30(28)15-16-40(10)36(35)34-24(3)31-19-26(21-38(4,5)6)12-14-29(31)32(37(34)41-33)22-39(7,8)9/h11-16,18-20,23H,17,21-22H2,1-10H3/q+1. The molecule has 212 valence electrons. The van der Waals surface area contributed by atoms with Gasteiger partial charge in [0.25, 0.3) is 0 Å². The molecule has 2 heteroatoms. The van der Waals surface area contributed by atoms with Gasteiger partial charge in [0.1, 0.15) is 18.5 Å². The predicted molar refractivity (Wildman–Crippen MR) is 175 cm³/mol. The largest absolute Gasteiger partial charge is 0.455 e. The summed E-state index contributed by atoms with van der Waals surface area (Å²) in [6, 6.07) is 18.7. The first-order chi connectivity index (χ1) is 19.2. The zero-order chi connectivity index (χ0) is 29.4. The van der Waals surface area contributed by atoms with Crippen LogP contribution in [-0.4, -0.2) is 0 Å². The van der Waals surface area contributed by atoms with Crippen molar-refractivity contribution in [1.29, 1.82) is 0 Å². The third-order valence-electron chi connectivity index (χ3n) is 8.49. The van der Waals surface area contributed by atoms with Crippen LogP contribution in [0.15, 0.2) is 54.7 Å². The predicted octanol–water partition coefficient (Wildman–Crippen LogP) is 10.4. The van der Waals surface area contributed by atoms with Crippen molar-refractivity contribution in [3.63, 3.8) is 0 Å². The zero-order valence-electron chi connectivity index (χ0n) is 26.8. The fourth-order valence-electron chi connectivity index (χ4n) is 6.97. The summed E-state index contributed by atoms with van der Waals surface area (Å²) in [5, 5.41) is 7.73. The molecule has 0 saturated carbocycles. The quantitative estimate of drug-likeness (QED) is 0.159. The fourth-order valence-corrected chi connectivity index (χ4v) is 6.97. The van der Waals surface area contributed by atoms with Crippen LogP contribution in [0.4, 0.5) is 0 Å². The second kappa shape index (κ2) is 9.58. The summed E-state index contributed by atoms with van der Waals surface area (Å²) in [4.78, 5) is 0. The molecule has 0 fully saturated rings. The summed E-state index contributed by atoms with van der Waals surface area (Å²) in [5.41, 5.74) is 8.30. The molecule has 41 heavy (non-hydrogen) atoms. The minimum absolute atomic E-state index is 0.118. The summed E-state index contributed by atoms with van der Waals surface area (Å²) in [6.07, 6.45) is 5.33. The molecule has 2 nitrogen and oxygen atoms in total. The van der Waals surface area contributed by atoms with Crippen LogP contribution < -0.4 is 9.30 Å². The lowest BCUT2D eigenvalue weighted by atomic mass is 9.80. The average molecular weight is 545 g/mol. The first-order valence-electron chi connectivity index (χ1n) is 15.3. The van der Waals surface area contributed by atoms with Crippen molar-refractivity contribution in [2.45, 2.75) is 81.6 Å². The number of aromatic nitrogens is 1.